The summed E-state index contributed by atoms with van der Waals surface area (Å²) >= 11 is 0. The molecule has 1 saturated heterocycles. The fourth-order valence-corrected chi connectivity index (χ4v) is 2.36. The van der Waals surface area contributed by atoms with Gasteiger partial charge in [0.2, 0.25) is 0 Å². The summed E-state index contributed by atoms with van der Waals surface area (Å²) in [4.78, 5) is 6.23. The van der Waals surface area contributed by atoms with Gasteiger partial charge in [0, 0.05) is 24.3 Å². The summed E-state index contributed by atoms with van der Waals surface area (Å²) in [5.41, 5.74) is 5.88. The molecule has 0 spiro atoms. The summed E-state index contributed by atoms with van der Waals surface area (Å²) in [5, 5.41) is 0. The number of nitrogens with two attached hydrogens (primary N) is 1. The van der Waals surface area contributed by atoms with E-state index in [0.29, 0.717) is 18.2 Å². The van der Waals surface area contributed by atoms with Crippen LogP contribution in [0.5, 0.6) is 5.88 Å². The van der Waals surface area contributed by atoms with Gasteiger partial charge in [-0.3, -0.25) is 0 Å². The van der Waals surface area contributed by atoms with Gasteiger partial charge < -0.3 is 15.4 Å². The molecule has 0 bridgehead atoms. The van der Waals surface area contributed by atoms with E-state index in [1.807, 2.05) is 0 Å². The Bertz CT molecular complexity index is 400. The van der Waals surface area contributed by atoms with E-state index in [0.717, 1.165) is 13.0 Å². The molecule has 0 aliphatic carbocycles. The van der Waals surface area contributed by atoms with Crippen molar-refractivity contribution >= 4 is 0 Å². The van der Waals surface area contributed by atoms with Gasteiger partial charge >= 0.3 is 0 Å². The van der Waals surface area contributed by atoms with Crippen LogP contribution in [0.4, 0.5) is 4.39 Å². The third-order valence-corrected chi connectivity index (χ3v) is 3.52. The highest BCUT2D eigenvalue weighted by Gasteiger charge is 2.20. The first-order chi connectivity index (χ1) is 8.72. The van der Waals surface area contributed by atoms with Crippen LogP contribution in [0.25, 0.3) is 0 Å². The van der Waals surface area contributed by atoms with Crippen LogP contribution in [0.2, 0.25) is 0 Å². The number of aromatic nitrogens is 1. The van der Waals surface area contributed by atoms with E-state index < -0.39 is 5.82 Å². The number of halogens is 1. The fourth-order valence-electron chi connectivity index (χ4n) is 2.36. The largest absolute Gasteiger partial charge is 0.476 e. The molecule has 1 unspecified atom stereocenters. The minimum absolute atomic E-state index is 0.0681. The molecule has 100 valence electrons. The van der Waals surface area contributed by atoms with Crippen molar-refractivity contribution in [2.45, 2.75) is 31.8 Å². The Kier molecular flexibility index (Phi) is 4.49. The Morgan fingerprint density at radius 3 is 3.11 bits per heavy atom. The summed E-state index contributed by atoms with van der Waals surface area (Å²) in [7, 11) is 2.12. The molecule has 2 N–H and O–H groups in total. The molecule has 4 nitrogen and oxygen atoms in total. The second-order valence-electron chi connectivity index (χ2n) is 4.71. The van der Waals surface area contributed by atoms with Crippen LogP contribution < -0.4 is 10.5 Å². The number of hydrogen-bond donors (Lipinski definition) is 1. The molecular formula is C13H20FN3O. The number of rotatable bonds is 5. The van der Waals surface area contributed by atoms with Crippen LogP contribution in [0.3, 0.4) is 0 Å². The van der Waals surface area contributed by atoms with Crippen molar-refractivity contribution in [3.05, 3.63) is 23.6 Å². The van der Waals surface area contributed by atoms with Gasteiger partial charge in [-0.05, 0) is 38.9 Å². The van der Waals surface area contributed by atoms with Crippen LogP contribution in [-0.4, -0.2) is 36.1 Å². The summed E-state index contributed by atoms with van der Waals surface area (Å²) in [6, 6.07) is 2.12. The minimum atomic E-state index is -0.431. The third-order valence-electron chi connectivity index (χ3n) is 3.52. The van der Waals surface area contributed by atoms with Crippen molar-refractivity contribution in [1.29, 1.82) is 0 Å². The predicted octanol–water partition coefficient (Wildman–Crippen LogP) is 1.54. The van der Waals surface area contributed by atoms with E-state index >= 15 is 0 Å². The van der Waals surface area contributed by atoms with E-state index in [1.165, 1.54) is 19.0 Å². The topological polar surface area (TPSA) is 51.4 Å². The standard InChI is InChI=1S/C13H20FN3O/c1-17-7-2-3-11(17)5-8-18-13-12(14)10(9-15)4-6-16-13/h4,6,11H,2-3,5,7-9,15H2,1H3. The Hall–Kier alpha value is -1.20. The van der Waals surface area contributed by atoms with Crippen LogP contribution >= 0.6 is 0 Å². The first kappa shape index (κ1) is 13.2. The lowest BCUT2D eigenvalue weighted by atomic mass is 10.1. The van der Waals surface area contributed by atoms with E-state index in [9.17, 15) is 4.39 Å². The highest BCUT2D eigenvalue weighted by Crippen LogP contribution is 2.20. The maximum Gasteiger partial charge on any atom is 0.250 e. The van der Waals surface area contributed by atoms with Crippen molar-refractivity contribution in [3.63, 3.8) is 0 Å². The normalized spacial score (nSPS) is 20.3. The number of pyridine rings is 1. The molecule has 1 atom stereocenters. The lowest BCUT2D eigenvalue weighted by molar-refractivity contribution is 0.222. The van der Waals surface area contributed by atoms with Crippen molar-refractivity contribution in [2.24, 2.45) is 5.73 Å². The molecule has 1 aliphatic rings. The van der Waals surface area contributed by atoms with Gasteiger partial charge in [-0.1, -0.05) is 0 Å². The Balaban J connectivity index is 1.86. The fraction of sp³-hybridized carbons (Fsp3) is 0.615. The Labute approximate surface area is 107 Å². The molecule has 0 radical (unpaired) electrons. The molecule has 2 rings (SSSR count). The highest BCUT2D eigenvalue weighted by molar-refractivity contribution is 5.23. The Morgan fingerprint density at radius 2 is 2.44 bits per heavy atom. The van der Waals surface area contributed by atoms with Crippen molar-refractivity contribution in [3.8, 4) is 5.88 Å². The van der Waals surface area contributed by atoms with Crippen LogP contribution in [0, 0.1) is 5.82 Å². The van der Waals surface area contributed by atoms with Crippen molar-refractivity contribution in [2.75, 3.05) is 20.2 Å². The van der Waals surface area contributed by atoms with E-state index in [-0.39, 0.29) is 12.4 Å². The first-order valence-electron chi connectivity index (χ1n) is 6.39. The number of hydrogen-bond acceptors (Lipinski definition) is 4. The molecule has 1 fully saturated rings. The monoisotopic (exact) mass is 253 g/mol. The average Bonchev–Trinajstić information content (AvgIpc) is 2.77. The number of nitrogens with zero attached hydrogens (tertiary/aromatic N) is 2. The van der Waals surface area contributed by atoms with Crippen LogP contribution in [0.15, 0.2) is 12.3 Å². The maximum atomic E-state index is 13.8. The summed E-state index contributed by atoms with van der Waals surface area (Å²) in [6.07, 6.45) is 4.86. The summed E-state index contributed by atoms with van der Waals surface area (Å²) in [6.45, 7) is 1.79. The molecule has 0 saturated carbocycles. The molecular weight excluding hydrogens is 233 g/mol. The van der Waals surface area contributed by atoms with E-state index in [1.54, 1.807) is 6.07 Å². The molecule has 1 aliphatic heterocycles. The van der Waals surface area contributed by atoms with Crippen LogP contribution in [0.1, 0.15) is 24.8 Å². The number of ether oxygens (including phenoxy) is 1. The van der Waals surface area contributed by atoms with Gasteiger partial charge in [-0.15, -0.1) is 0 Å². The molecule has 2 heterocycles. The quantitative estimate of drug-likeness (QED) is 0.865. The zero-order chi connectivity index (χ0) is 13.0. The van der Waals surface area contributed by atoms with Crippen molar-refractivity contribution < 1.29 is 9.13 Å². The zero-order valence-corrected chi connectivity index (χ0v) is 10.7. The smallest absolute Gasteiger partial charge is 0.250 e. The van der Waals surface area contributed by atoms with E-state index in [2.05, 4.69) is 16.9 Å². The van der Waals surface area contributed by atoms with Crippen LogP contribution in [-0.2, 0) is 6.54 Å². The van der Waals surface area contributed by atoms with Gasteiger partial charge in [0.15, 0.2) is 5.82 Å². The molecule has 0 amide bonds. The second-order valence-corrected chi connectivity index (χ2v) is 4.71. The van der Waals surface area contributed by atoms with Gasteiger partial charge in [-0.25, -0.2) is 9.37 Å². The zero-order valence-electron chi connectivity index (χ0n) is 10.7. The van der Waals surface area contributed by atoms with E-state index in [4.69, 9.17) is 10.5 Å². The average molecular weight is 253 g/mol. The third kappa shape index (κ3) is 2.97. The Morgan fingerprint density at radius 1 is 1.61 bits per heavy atom. The number of likely N-dealkylation sites (tertiary alicyclic amines) is 1. The molecule has 0 aromatic carbocycles. The summed E-state index contributed by atoms with van der Waals surface area (Å²) in [5.74, 6) is -0.363. The lowest BCUT2D eigenvalue weighted by Gasteiger charge is -2.19. The molecule has 1 aromatic heterocycles. The lowest BCUT2D eigenvalue weighted by Crippen LogP contribution is -2.26. The van der Waals surface area contributed by atoms with Gasteiger partial charge in [0.1, 0.15) is 0 Å². The minimum Gasteiger partial charge on any atom is -0.476 e. The van der Waals surface area contributed by atoms with Crippen molar-refractivity contribution in [1.82, 2.24) is 9.88 Å². The first-order valence-corrected chi connectivity index (χ1v) is 6.39. The highest BCUT2D eigenvalue weighted by atomic mass is 19.1. The molecule has 18 heavy (non-hydrogen) atoms. The SMILES string of the molecule is CN1CCCC1CCOc1nccc(CN)c1F. The van der Waals surface area contributed by atoms with Gasteiger partial charge in [0.25, 0.3) is 5.88 Å². The second kappa shape index (κ2) is 6.11. The summed E-state index contributed by atoms with van der Waals surface area (Å²) < 4.78 is 19.2. The molecule has 1 aromatic rings. The van der Waals surface area contributed by atoms with Gasteiger partial charge in [-0.2, -0.15) is 0 Å². The molecule has 5 heteroatoms. The predicted molar refractivity (Wildman–Crippen MR) is 67.9 cm³/mol. The maximum absolute atomic E-state index is 13.8. The van der Waals surface area contributed by atoms with Gasteiger partial charge in [0.05, 0.1) is 6.61 Å².